The Balaban J connectivity index is 2.22. The molecule has 63 heavy (non-hydrogen) atoms. The Hall–Kier alpha value is -1.86. The smallest absolute Gasteiger partial charge is 0.305 e. The molecule has 11 heteroatoms. The molecule has 7 atom stereocenters. The number of carbonyl (C=O) groups is 2. The van der Waals surface area contributed by atoms with Crippen LogP contribution in [-0.4, -0.2) is 100 Å². The summed E-state index contributed by atoms with van der Waals surface area (Å²) >= 11 is 0. The summed E-state index contributed by atoms with van der Waals surface area (Å²) in [5, 5.41) is 54.2. The zero-order chi connectivity index (χ0) is 46.0. The molecule has 1 amide bonds. The summed E-state index contributed by atoms with van der Waals surface area (Å²) in [7, 11) is 0. The normalized spacial score (nSPS) is 20.1. The number of unbranched alkanes of at least 4 members (excludes halogenated alkanes) is 28. The van der Waals surface area contributed by atoms with Gasteiger partial charge in [0.05, 0.1) is 32.0 Å². The Labute approximate surface area is 384 Å². The molecule has 0 aromatic heterocycles. The summed E-state index contributed by atoms with van der Waals surface area (Å²) < 4.78 is 16.6. The molecule has 1 saturated heterocycles. The van der Waals surface area contributed by atoms with Gasteiger partial charge in [-0.15, -0.1) is 0 Å². The number of allylic oxidation sites excluding steroid dienone is 3. The van der Waals surface area contributed by atoms with Crippen LogP contribution in [0.5, 0.6) is 0 Å². The van der Waals surface area contributed by atoms with E-state index in [0.717, 1.165) is 96.3 Å². The summed E-state index contributed by atoms with van der Waals surface area (Å²) in [4.78, 5) is 25.0. The molecule has 11 nitrogen and oxygen atoms in total. The third kappa shape index (κ3) is 33.3. The summed E-state index contributed by atoms with van der Waals surface area (Å²) in [6, 6.07) is -0.827. The van der Waals surface area contributed by atoms with Gasteiger partial charge in [-0.1, -0.05) is 179 Å². The Morgan fingerprint density at radius 2 is 1.02 bits per heavy atom. The van der Waals surface area contributed by atoms with Crippen LogP contribution < -0.4 is 5.32 Å². The predicted molar refractivity (Wildman–Crippen MR) is 255 cm³/mol. The third-order valence-corrected chi connectivity index (χ3v) is 12.3. The first-order valence-corrected chi connectivity index (χ1v) is 26.1. The molecule has 1 aliphatic heterocycles. The van der Waals surface area contributed by atoms with E-state index in [9.17, 15) is 35.1 Å². The molecule has 0 aliphatic carbocycles. The summed E-state index contributed by atoms with van der Waals surface area (Å²) in [6.45, 7) is 4.24. The van der Waals surface area contributed by atoms with Crippen LogP contribution >= 0.6 is 0 Å². The molecule has 370 valence electrons. The zero-order valence-electron chi connectivity index (χ0n) is 40.3. The van der Waals surface area contributed by atoms with Crippen molar-refractivity contribution in [2.45, 2.75) is 275 Å². The van der Waals surface area contributed by atoms with E-state index >= 15 is 0 Å². The van der Waals surface area contributed by atoms with Gasteiger partial charge in [0.25, 0.3) is 0 Å². The second-order valence-electron chi connectivity index (χ2n) is 18.2. The van der Waals surface area contributed by atoms with Gasteiger partial charge in [-0.3, -0.25) is 9.59 Å². The van der Waals surface area contributed by atoms with Gasteiger partial charge in [0.1, 0.15) is 24.4 Å². The van der Waals surface area contributed by atoms with Crippen molar-refractivity contribution in [1.29, 1.82) is 0 Å². The highest BCUT2D eigenvalue weighted by molar-refractivity contribution is 5.76. The van der Waals surface area contributed by atoms with E-state index in [-0.39, 0.29) is 18.5 Å². The van der Waals surface area contributed by atoms with Crippen LogP contribution in [0.3, 0.4) is 0 Å². The summed E-state index contributed by atoms with van der Waals surface area (Å²) in [5.41, 5.74) is 0. The molecular formula is C52H97NO10. The van der Waals surface area contributed by atoms with Crippen molar-refractivity contribution >= 4 is 11.9 Å². The SMILES string of the molecule is CCCCCCCCCCCC/C=C/C(O)C(COC1OC(CO)C(O)C(O)C1O)NC(=O)CCCCCCC/C=C\CCCCCOC(=O)CCCCCCCCCCCCC. The fraction of sp³-hybridized carbons (Fsp3) is 0.885. The monoisotopic (exact) mass is 896 g/mol. The van der Waals surface area contributed by atoms with Gasteiger partial charge in [-0.25, -0.2) is 0 Å². The van der Waals surface area contributed by atoms with Gasteiger partial charge >= 0.3 is 5.97 Å². The molecule has 1 heterocycles. The predicted octanol–water partition coefficient (Wildman–Crippen LogP) is 10.6. The second-order valence-corrected chi connectivity index (χ2v) is 18.2. The topological polar surface area (TPSA) is 175 Å². The number of ether oxygens (including phenoxy) is 3. The van der Waals surface area contributed by atoms with E-state index in [1.54, 1.807) is 6.08 Å². The fourth-order valence-electron chi connectivity index (χ4n) is 8.07. The van der Waals surface area contributed by atoms with Gasteiger partial charge < -0.3 is 45.1 Å². The van der Waals surface area contributed by atoms with Crippen LogP contribution in [0, 0.1) is 0 Å². The van der Waals surface area contributed by atoms with E-state index in [1.165, 1.54) is 109 Å². The minimum Gasteiger partial charge on any atom is -0.466 e. The van der Waals surface area contributed by atoms with Crippen molar-refractivity contribution < 1.29 is 49.3 Å². The van der Waals surface area contributed by atoms with Crippen LogP contribution in [0.1, 0.15) is 232 Å². The Kier molecular flexibility index (Phi) is 40.1. The number of aliphatic hydroxyl groups excluding tert-OH is 5. The van der Waals surface area contributed by atoms with Crippen LogP contribution in [-0.2, 0) is 23.8 Å². The molecule has 1 fully saturated rings. The minimum atomic E-state index is -1.58. The molecule has 0 saturated carbocycles. The molecule has 1 rings (SSSR count). The van der Waals surface area contributed by atoms with Crippen molar-refractivity contribution in [3.05, 3.63) is 24.3 Å². The maximum absolute atomic E-state index is 13.0. The van der Waals surface area contributed by atoms with Crippen molar-refractivity contribution in [3.63, 3.8) is 0 Å². The highest BCUT2D eigenvalue weighted by atomic mass is 16.7. The van der Waals surface area contributed by atoms with E-state index < -0.39 is 49.5 Å². The number of carbonyl (C=O) groups excluding carboxylic acids is 2. The first-order valence-electron chi connectivity index (χ1n) is 26.1. The van der Waals surface area contributed by atoms with Gasteiger partial charge in [0, 0.05) is 12.8 Å². The van der Waals surface area contributed by atoms with Gasteiger partial charge in [-0.05, 0) is 64.2 Å². The first kappa shape index (κ1) is 59.2. The van der Waals surface area contributed by atoms with Gasteiger partial charge in [0.15, 0.2) is 6.29 Å². The molecule has 0 aromatic rings. The molecule has 6 N–H and O–H groups in total. The number of nitrogens with one attached hydrogen (secondary N) is 1. The van der Waals surface area contributed by atoms with Crippen LogP contribution in [0.25, 0.3) is 0 Å². The van der Waals surface area contributed by atoms with Crippen LogP contribution in [0.15, 0.2) is 24.3 Å². The third-order valence-electron chi connectivity index (χ3n) is 12.3. The lowest BCUT2D eigenvalue weighted by Crippen LogP contribution is -2.60. The van der Waals surface area contributed by atoms with Gasteiger partial charge in [-0.2, -0.15) is 0 Å². The summed E-state index contributed by atoms with van der Waals surface area (Å²) in [5.74, 6) is -0.256. The number of hydrogen-bond donors (Lipinski definition) is 6. The molecule has 1 aliphatic rings. The van der Waals surface area contributed by atoms with E-state index in [4.69, 9.17) is 14.2 Å². The number of amides is 1. The van der Waals surface area contributed by atoms with Crippen LogP contribution in [0.2, 0.25) is 0 Å². The lowest BCUT2D eigenvalue weighted by atomic mass is 9.99. The average molecular weight is 896 g/mol. The average Bonchev–Trinajstić information content (AvgIpc) is 3.28. The standard InChI is InChI=1S/C52H97NO10/c1-3-5-7-9-11-13-15-19-22-26-30-34-38-45(55)44(43-62-52-51(60)50(59)49(58)46(42-54)63-52)53-47(56)39-35-31-27-23-20-16-17-21-25-29-33-37-41-61-48(57)40-36-32-28-24-18-14-12-10-8-6-4-2/h17,21,34,38,44-46,49-52,54-55,58-60H,3-16,18-20,22-33,35-37,39-43H2,1-2H3,(H,53,56)/b21-17-,38-34+. The molecule has 7 unspecified atom stereocenters. The Morgan fingerprint density at radius 3 is 1.52 bits per heavy atom. The maximum atomic E-state index is 13.0. The van der Waals surface area contributed by atoms with Crippen molar-refractivity contribution in [1.82, 2.24) is 5.32 Å². The number of hydrogen-bond acceptors (Lipinski definition) is 10. The minimum absolute atomic E-state index is 0.0474. The quantitative estimate of drug-likeness (QED) is 0.0196. The number of aliphatic hydroxyl groups is 5. The van der Waals surface area contributed by atoms with Gasteiger partial charge in [0.2, 0.25) is 5.91 Å². The Morgan fingerprint density at radius 1 is 0.571 bits per heavy atom. The number of esters is 1. The lowest BCUT2D eigenvalue weighted by molar-refractivity contribution is -0.302. The summed E-state index contributed by atoms with van der Waals surface area (Å²) in [6.07, 6.45) is 38.2. The molecule has 0 spiro atoms. The fourth-order valence-corrected chi connectivity index (χ4v) is 8.07. The van der Waals surface area contributed by atoms with E-state index in [0.29, 0.717) is 19.4 Å². The maximum Gasteiger partial charge on any atom is 0.305 e. The highest BCUT2D eigenvalue weighted by Gasteiger charge is 2.44. The first-order chi connectivity index (χ1) is 30.7. The molecule has 0 radical (unpaired) electrons. The van der Waals surface area contributed by atoms with Crippen molar-refractivity contribution in [3.8, 4) is 0 Å². The van der Waals surface area contributed by atoms with Crippen LogP contribution in [0.4, 0.5) is 0 Å². The zero-order valence-corrected chi connectivity index (χ0v) is 40.3. The number of rotatable bonds is 44. The molecule has 0 aromatic carbocycles. The van der Waals surface area contributed by atoms with Crippen molar-refractivity contribution in [2.75, 3.05) is 19.8 Å². The lowest BCUT2D eigenvalue weighted by Gasteiger charge is -2.40. The highest BCUT2D eigenvalue weighted by Crippen LogP contribution is 2.23. The molecular weight excluding hydrogens is 799 g/mol. The largest absolute Gasteiger partial charge is 0.466 e. The Bertz CT molecular complexity index is 1100. The van der Waals surface area contributed by atoms with E-state index in [2.05, 4.69) is 31.3 Å². The van der Waals surface area contributed by atoms with Crippen molar-refractivity contribution in [2.24, 2.45) is 0 Å². The molecule has 0 bridgehead atoms. The second kappa shape index (κ2) is 42.8. The van der Waals surface area contributed by atoms with E-state index in [1.807, 2.05) is 6.08 Å².